The van der Waals surface area contributed by atoms with Crippen molar-refractivity contribution in [1.29, 1.82) is 0 Å². The van der Waals surface area contributed by atoms with Crippen LogP contribution in [0.15, 0.2) is 12.2 Å². The molecule has 0 bridgehead atoms. The molecule has 1 N–H and O–H groups in total. The molecule has 1 rings (SSSR count). The Labute approximate surface area is 212 Å². The van der Waals surface area contributed by atoms with Crippen molar-refractivity contribution in [2.24, 2.45) is 5.92 Å². The van der Waals surface area contributed by atoms with Gasteiger partial charge in [-0.15, -0.1) is 0 Å². The van der Waals surface area contributed by atoms with E-state index in [0.717, 1.165) is 12.8 Å². The number of carbonyl (C=O) groups is 1. The lowest BCUT2D eigenvalue weighted by atomic mass is 9.95. The molecule has 1 aliphatic heterocycles. The van der Waals surface area contributed by atoms with Crippen molar-refractivity contribution in [1.82, 2.24) is 0 Å². The Morgan fingerprint density at radius 2 is 1.03 bits per heavy atom. The topological polar surface area (TPSA) is 46.5 Å². The average molecular weight is 479 g/mol. The molecule has 34 heavy (non-hydrogen) atoms. The molecule has 1 fully saturated rings. The van der Waals surface area contributed by atoms with E-state index >= 15 is 0 Å². The summed E-state index contributed by atoms with van der Waals surface area (Å²) in [6, 6.07) is 0. The van der Waals surface area contributed by atoms with Gasteiger partial charge >= 0.3 is 5.97 Å². The summed E-state index contributed by atoms with van der Waals surface area (Å²) < 4.78 is 5.10. The highest BCUT2D eigenvalue weighted by Gasteiger charge is 2.40. The van der Waals surface area contributed by atoms with Crippen LogP contribution in [0.5, 0.6) is 0 Å². The van der Waals surface area contributed by atoms with Crippen LogP contribution in [0.1, 0.15) is 162 Å². The molecule has 0 unspecified atom stereocenters. The van der Waals surface area contributed by atoms with E-state index in [9.17, 15) is 9.90 Å². The Morgan fingerprint density at radius 3 is 1.41 bits per heavy atom. The van der Waals surface area contributed by atoms with Gasteiger partial charge in [-0.3, -0.25) is 4.79 Å². The normalized spacial score (nSPS) is 20.4. The van der Waals surface area contributed by atoms with Crippen LogP contribution in [0.25, 0.3) is 0 Å². The third-order valence-electron chi connectivity index (χ3n) is 7.52. The summed E-state index contributed by atoms with van der Waals surface area (Å²) in [6.45, 7) is 4.06. The molecule has 3 nitrogen and oxygen atoms in total. The van der Waals surface area contributed by atoms with E-state index in [4.69, 9.17) is 4.74 Å². The molecule has 0 aromatic carbocycles. The van der Waals surface area contributed by atoms with Gasteiger partial charge in [0.05, 0.1) is 5.92 Å². The van der Waals surface area contributed by atoms with Gasteiger partial charge in [0.2, 0.25) is 0 Å². The van der Waals surface area contributed by atoms with Gasteiger partial charge in [0, 0.05) is 0 Å². The molecule has 1 saturated heterocycles. The average Bonchev–Trinajstić information content (AvgIpc) is 3.07. The van der Waals surface area contributed by atoms with Crippen LogP contribution in [0.2, 0.25) is 0 Å². The van der Waals surface area contributed by atoms with Gasteiger partial charge in [-0.2, -0.15) is 0 Å². The second kappa shape index (κ2) is 22.6. The van der Waals surface area contributed by atoms with Crippen molar-refractivity contribution in [3.8, 4) is 0 Å². The summed E-state index contributed by atoms with van der Waals surface area (Å²) in [5, 5.41) is 9.96. The maximum atomic E-state index is 11.7. The highest BCUT2D eigenvalue weighted by molar-refractivity contribution is 5.75. The number of hydrogen-bond donors (Lipinski definition) is 1. The smallest absolute Gasteiger partial charge is 0.312 e. The number of cyclic esters (lactones) is 1. The molecule has 1 aliphatic rings. The fraction of sp³-hybridized carbons (Fsp3) is 0.903. The molecule has 0 aromatic heterocycles. The predicted molar refractivity (Wildman–Crippen MR) is 146 cm³/mol. The van der Waals surface area contributed by atoms with Gasteiger partial charge in [-0.25, -0.2) is 0 Å². The van der Waals surface area contributed by atoms with Crippen LogP contribution < -0.4 is 0 Å². The highest BCUT2D eigenvalue weighted by atomic mass is 16.6. The number of carbonyl (C=O) groups excluding carboxylic acids is 1. The Bertz CT molecular complexity index is 487. The van der Waals surface area contributed by atoms with Crippen LogP contribution in [-0.2, 0) is 9.53 Å². The third kappa shape index (κ3) is 16.7. The SMILES string of the molecule is CCCCCCCC/C=C\CCCCCCCCCCCCCCCC[C@@H]1C(=O)O[C@@H](C)[C@H]1O. The van der Waals surface area contributed by atoms with Gasteiger partial charge in [0.1, 0.15) is 12.2 Å². The largest absolute Gasteiger partial charge is 0.460 e. The first kappa shape index (κ1) is 31.2. The van der Waals surface area contributed by atoms with Crippen molar-refractivity contribution in [2.75, 3.05) is 0 Å². The first-order valence-corrected chi connectivity index (χ1v) is 15.2. The molecule has 200 valence electrons. The highest BCUT2D eigenvalue weighted by Crippen LogP contribution is 2.26. The number of allylic oxidation sites excluding steroid dienone is 2. The number of unbranched alkanes of at least 4 members (excludes halogenated alkanes) is 20. The van der Waals surface area contributed by atoms with E-state index in [0.29, 0.717) is 0 Å². The number of hydrogen-bond acceptors (Lipinski definition) is 3. The second-order valence-corrected chi connectivity index (χ2v) is 10.8. The maximum absolute atomic E-state index is 11.7. The molecule has 0 radical (unpaired) electrons. The van der Waals surface area contributed by atoms with Gasteiger partial charge in [0.25, 0.3) is 0 Å². The fourth-order valence-electron chi connectivity index (χ4n) is 5.12. The molecular formula is C31H58O3. The number of aliphatic hydroxyl groups excluding tert-OH is 1. The summed E-state index contributed by atoms with van der Waals surface area (Å²) in [5.74, 6) is -0.488. The zero-order valence-corrected chi connectivity index (χ0v) is 22.9. The molecule has 0 saturated carbocycles. The van der Waals surface area contributed by atoms with Crippen molar-refractivity contribution in [2.45, 2.75) is 174 Å². The zero-order chi connectivity index (χ0) is 24.7. The molecule has 0 spiro atoms. The van der Waals surface area contributed by atoms with Crippen molar-refractivity contribution in [3.63, 3.8) is 0 Å². The minimum absolute atomic E-state index is 0.203. The van der Waals surface area contributed by atoms with Crippen LogP contribution in [0.4, 0.5) is 0 Å². The van der Waals surface area contributed by atoms with Crippen LogP contribution in [0, 0.1) is 5.92 Å². The Balaban J connectivity index is 1.71. The first-order valence-electron chi connectivity index (χ1n) is 15.2. The van der Waals surface area contributed by atoms with Gasteiger partial charge in [-0.1, -0.05) is 135 Å². The second-order valence-electron chi connectivity index (χ2n) is 10.8. The quantitative estimate of drug-likeness (QED) is 0.0853. The van der Waals surface area contributed by atoms with E-state index in [2.05, 4.69) is 19.1 Å². The van der Waals surface area contributed by atoms with Crippen molar-refractivity contribution in [3.05, 3.63) is 12.2 Å². The van der Waals surface area contributed by atoms with Crippen LogP contribution in [-0.4, -0.2) is 23.3 Å². The van der Waals surface area contributed by atoms with Crippen LogP contribution in [0.3, 0.4) is 0 Å². The fourth-order valence-corrected chi connectivity index (χ4v) is 5.12. The molecule has 1 heterocycles. The summed E-state index contributed by atoms with van der Waals surface area (Å²) in [6.07, 6.45) is 34.4. The lowest BCUT2D eigenvalue weighted by molar-refractivity contribution is -0.143. The number of rotatable bonds is 24. The van der Waals surface area contributed by atoms with E-state index in [-0.39, 0.29) is 18.0 Å². The summed E-state index contributed by atoms with van der Waals surface area (Å²) >= 11 is 0. The lowest BCUT2D eigenvalue weighted by Crippen LogP contribution is -2.24. The Morgan fingerprint density at radius 1 is 0.647 bits per heavy atom. The molecule has 0 aromatic rings. The minimum Gasteiger partial charge on any atom is -0.460 e. The standard InChI is InChI=1S/C31H58O3/c1-3-4-5-6-7-8-9-10-11-12-13-14-15-16-17-18-19-20-21-22-23-24-25-26-27-29-30(32)28(2)34-31(29)33/h10-11,28-30,32H,3-9,12-27H2,1-2H3/b11-10-/t28-,29-,30+/m0/s1. The Hall–Kier alpha value is -0.830. The molecule has 3 atom stereocenters. The minimum atomic E-state index is -0.603. The predicted octanol–water partition coefficient (Wildman–Crippen LogP) is 9.46. The number of ether oxygens (including phenoxy) is 1. The van der Waals surface area contributed by atoms with Gasteiger partial charge in [0.15, 0.2) is 0 Å². The van der Waals surface area contributed by atoms with Crippen molar-refractivity contribution >= 4 is 5.97 Å². The molecule has 3 heteroatoms. The number of aliphatic hydroxyl groups is 1. The maximum Gasteiger partial charge on any atom is 0.312 e. The van der Waals surface area contributed by atoms with Crippen LogP contribution >= 0.6 is 0 Å². The number of esters is 1. The third-order valence-corrected chi connectivity index (χ3v) is 7.52. The van der Waals surface area contributed by atoms with Gasteiger partial charge < -0.3 is 9.84 Å². The summed E-state index contributed by atoms with van der Waals surface area (Å²) in [4.78, 5) is 11.7. The van der Waals surface area contributed by atoms with E-state index in [1.807, 2.05) is 0 Å². The first-order chi connectivity index (χ1) is 16.7. The zero-order valence-electron chi connectivity index (χ0n) is 22.9. The molecular weight excluding hydrogens is 420 g/mol. The van der Waals surface area contributed by atoms with E-state index in [1.165, 1.54) is 135 Å². The van der Waals surface area contributed by atoms with E-state index in [1.54, 1.807) is 6.92 Å². The lowest BCUT2D eigenvalue weighted by Gasteiger charge is -2.11. The Kier molecular flexibility index (Phi) is 20.8. The van der Waals surface area contributed by atoms with Crippen molar-refractivity contribution < 1.29 is 14.6 Å². The van der Waals surface area contributed by atoms with E-state index < -0.39 is 6.10 Å². The monoisotopic (exact) mass is 478 g/mol. The molecule has 0 aliphatic carbocycles. The summed E-state index contributed by atoms with van der Waals surface area (Å²) in [7, 11) is 0. The molecule has 0 amide bonds. The van der Waals surface area contributed by atoms with Gasteiger partial charge in [-0.05, 0) is 39.0 Å². The summed E-state index contributed by atoms with van der Waals surface area (Å²) in [5.41, 5.74) is 0.